The van der Waals surface area contributed by atoms with Gasteiger partial charge >= 0.3 is 0 Å². The summed E-state index contributed by atoms with van der Waals surface area (Å²) in [6, 6.07) is 7.87. The summed E-state index contributed by atoms with van der Waals surface area (Å²) in [5, 5.41) is 3.79. The second-order valence-electron chi connectivity index (χ2n) is 6.59. The van der Waals surface area contributed by atoms with Crippen molar-refractivity contribution < 1.29 is 0 Å². The van der Waals surface area contributed by atoms with E-state index in [1.807, 2.05) is 0 Å². The van der Waals surface area contributed by atoms with E-state index in [1.54, 1.807) is 0 Å². The lowest BCUT2D eigenvalue weighted by Gasteiger charge is -2.28. The number of fused-ring (bicyclic) bond motifs is 1. The van der Waals surface area contributed by atoms with Crippen LogP contribution < -0.4 is 5.32 Å². The highest BCUT2D eigenvalue weighted by atomic mass is 79.9. The van der Waals surface area contributed by atoms with Crippen LogP contribution in [0.15, 0.2) is 22.7 Å². The number of rotatable bonds is 6. The molecule has 2 nitrogen and oxygen atoms in total. The van der Waals surface area contributed by atoms with Gasteiger partial charge in [0, 0.05) is 23.1 Å². The fourth-order valence-corrected chi connectivity index (χ4v) is 3.51. The van der Waals surface area contributed by atoms with Crippen LogP contribution in [0.3, 0.4) is 0 Å². The van der Waals surface area contributed by atoms with E-state index in [0.29, 0.717) is 12.1 Å². The summed E-state index contributed by atoms with van der Waals surface area (Å²) in [6.07, 6.45) is 3.68. The Kier molecular flexibility index (Phi) is 5.65. The summed E-state index contributed by atoms with van der Waals surface area (Å²) in [7, 11) is 4.38. The molecule has 1 aromatic rings. The van der Waals surface area contributed by atoms with Gasteiger partial charge in [-0.1, -0.05) is 35.8 Å². The van der Waals surface area contributed by atoms with Gasteiger partial charge in [-0.3, -0.25) is 0 Å². The van der Waals surface area contributed by atoms with Crippen molar-refractivity contribution >= 4 is 15.9 Å². The first-order valence-corrected chi connectivity index (χ1v) is 8.44. The normalized spacial score (nSPS) is 19.6. The number of nitrogens with one attached hydrogen (secondary N) is 1. The van der Waals surface area contributed by atoms with Crippen molar-refractivity contribution in [1.82, 2.24) is 10.2 Å². The molecule has 0 saturated heterocycles. The van der Waals surface area contributed by atoms with Gasteiger partial charge in [0.25, 0.3) is 0 Å². The van der Waals surface area contributed by atoms with Crippen LogP contribution in [0.2, 0.25) is 0 Å². The van der Waals surface area contributed by atoms with E-state index in [0.717, 1.165) is 12.5 Å². The number of hydrogen-bond acceptors (Lipinski definition) is 2. The minimum atomic E-state index is 0.535. The van der Waals surface area contributed by atoms with E-state index in [9.17, 15) is 0 Å². The molecule has 1 aliphatic carbocycles. The Morgan fingerprint density at radius 2 is 2.10 bits per heavy atom. The van der Waals surface area contributed by atoms with E-state index in [1.165, 1.54) is 34.9 Å². The topological polar surface area (TPSA) is 15.3 Å². The molecule has 0 saturated carbocycles. The van der Waals surface area contributed by atoms with Crippen LogP contribution >= 0.6 is 15.9 Å². The fourth-order valence-electron chi connectivity index (χ4n) is 3.10. The molecule has 2 unspecified atom stereocenters. The second-order valence-corrected chi connectivity index (χ2v) is 7.51. The molecular formula is C17H27BrN2. The third-order valence-electron chi connectivity index (χ3n) is 4.26. The van der Waals surface area contributed by atoms with Crippen molar-refractivity contribution in [2.75, 3.05) is 20.6 Å². The van der Waals surface area contributed by atoms with Gasteiger partial charge in [0.1, 0.15) is 0 Å². The molecule has 0 aliphatic heterocycles. The number of aryl methyl sites for hydroxylation is 1. The second kappa shape index (κ2) is 7.06. The van der Waals surface area contributed by atoms with Crippen LogP contribution in [0.4, 0.5) is 0 Å². The maximum atomic E-state index is 3.79. The highest BCUT2D eigenvalue weighted by Gasteiger charge is 2.23. The molecule has 20 heavy (non-hydrogen) atoms. The minimum Gasteiger partial charge on any atom is -0.308 e. The lowest BCUT2D eigenvalue weighted by atomic mass is 10.0. The zero-order chi connectivity index (χ0) is 14.7. The van der Waals surface area contributed by atoms with Gasteiger partial charge in [-0.15, -0.1) is 0 Å². The van der Waals surface area contributed by atoms with Crippen LogP contribution in [-0.2, 0) is 6.42 Å². The van der Waals surface area contributed by atoms with Crippen molar-refractivity contribution in [3.8, 4) is 0 Å². The molecule has 2 rings (SSSR count). The van der Waals surface area contributed by atoms with Gasteiger partial charge in [-0.2, -0.15) is 0 Å². The lowest BCUT2D eigenvalue weighted by Crippen LogP contribution is -2.39. The Morgan fingerprint density at radius 3 is 2.75 bits per heavy atom. The molecule has 1 aliphatic rings. The van der Waals surface area contributed by atoms with E-state index < -0.39 is 0 Å². The van der Waals surface area contributed by atoms with E-state index >= 15 is 0 Å². The summed E-state index contributed by atoms with van der Waals surface area (Å²) in [4.78, 5) is 2.35. The summed E-state index contributed by atoms with van der Waals surface area (Å²) in [6.45, 7) is 5.68. The molecule has 112 valence electrons. The minimum absolute atomic E-state index is 0.535. The Hall–Kier alpha value is -0.380. The SMILES string of the molecule is CC(C)CC(CNC1CCc2cc(Br)ccc21)N(C)C. The van der Waals surface area contributed by atoms with Crippen molar-refractivity contribution in [3.63, 3.8) is 0 Å². The molecule has 0 bridgehead atoms. The van der Waals surface area contributed by atoms with Crippen molar-refractivity contribution in [3.05, 3.63) is 33.8 Å². The molecule has 0 fully saturated rings. The van der Waals surface area contributed by atoms with Gasteiger partial charge in [-0.25, -0.2) is 0 Å². The molecule has 0 spiro atoms. The van der Waals surface area contributed by atoms with Gasteiger partial charge in [0.05, 0.1) is 0 Å². The van der Waals surface area contributed by atoms with Gasteiger partial charge < -0.3 is 10.2 Å². The van der Waals surface area contributed by atoms with Crippen LogP contribution in [0.5, 0.6) is 0 Å². The quantitative estimate of drug-likeness (QED) is 0.843. The third kappa shape index (κ3) is 4.06. The van der Waals surface area contributed by atoms with Crippen LogP contribution in [-0.4, -0.2) is 31.6 Å². The zero-order valence-electron chi connectivity index (χ0n) is 13.1. The van der Waals surface area contributed by atoms with Crippen LogP contribution in [0, 0.1) is 5.92 Å². The largest absolute Gasteiger partial charge is 0.308 e. The van der Waals surface area contributed by atoms with E-state index in [-0.39, 0.29) is 0 Å². The summed E-state index contributed by atoms with van der Waals surface area (Å²) in [5.41, 5.74) is 3.00. The molecular weight excluding hydrogens is 312 g/mol. The number of benzene rings is 1. The Balaban J connectivity index is 1.95. The number of halogens is 1. The zero-order valence-corrected chi connectivity index (χ0v) is 14.7. The van der Waals surface area contributed by atoms with Gasteiger partial charge in [0.15, 0.2) is 0 Å². The number of nitrogens with zero attached hydrogens (tertiary/aromatic N) is 1. The predicted molar refractivity (Wildman–Crippen MR) is 90.1 cm³/mol. The fraction of sp³-hybridized carbons (Fsp3) is 0.647. The first-order valence-electron chi connectivity index (χ1n) is 7.65. The molecule has 0 heterocycles. The average Bonchev–Trinajstić information content (AvgIpc) is 2.76. The third-order valence-corrected chi connectivity index (χ3v) is 4.75. The maximum absolute atomic E-state index is 3.79. The monoisotopic (exact) mass is 338 g/mol. The number of likely N-dealkylation sites (N-methyl/N-ethyl adjacent to an activating group) is 1. The maximum Gasteiger partial charge on any atom is 0.0326 e. The molecule has 3 heteroatoms. The molecule has 0 aromatic heterocycles. The summed E-state index contributed by atoms with van der Waals surface area (Å²) >= 11 is 3.57. The highest BCUT2D eigenvalue weighted by Crippen LogP contribution is 2.33. The molecule has 2 atom stereocenters. The lowest BCUT2D eigenvalue weighted by molar-refractivity contribution is 0.240. The highest BCUT2D eigenvalue weighted by molar-refractivity contribution is 9.10. The van der Waals surface area contributed by atoms with Crippen molar-refractivity contribution in [1.29, 1.82) is 0 Å². The Morgan fingerprint density at radius 1 is 1.35 bits per heavy atom. The summed E-state index contributed by atoms with van der Waals surface area (Å²) in [5.74, 6) is 0.746. The van der Waals surface area contributed by atoms with E-state index in [2.05, 4.69) is 72.3 Å². The standard InChI is InChI=1S/C17H27BrN2/c1-12(2)9-15(20(3)4)11-19-17-8-5-13-10-14(18)6-7-16(13)17/h6-7,10,12,15,17,19H,5,8-9,11H2,1-4H3. The van der Waals surface area contributed by atoms with Crippen molar-refractivity contribution in [2.24, 2.45) is 5.92 Å². The first kappa shape index (κ1) is 16.0. The Bertz CT molecular complexity index is 443. The molecule has 1 aromatic carbocycles. The van der Waals surface area contributed by atoms with Crippen LogP contribution in [0.1, 0.15) is 43.9 Å². The van der Waals surface area contributed by atoms with Crippen LogP contribution in [0.25, 0.3) is 0 Å². The summed E-state index contributed by atoms with van der Waals surface area (Å²) < 4.78 is 1.20. The average molecular weight is 339 g/mol. The number of hydrogen-bond donors (Lipinski definition) is 1. The molecule has 1 N–H and O–H groups in total. The molecule has 0 radical (unpaired) electrons. The molecule has 0 amide bonds. The predicted octanol–water partition coefficient (Wildman–Crippen LogP) is 4.00. The van der Waals surface area contributed by atoms with Gasteiger partial charge in [-0.05, 0) is 62.5 Å². The van der Waals surface area contributed by atoms with Gasteiger partial charge in [0.2, 0.25) is 0 Å². The smallest absolute Gasteiger partial charge is 0.0326 e. The first-order chi connectivity index (χ1) is 9.47. The van der Waals surface area contributed by atoms with Crippen molar-refractivity contribution in [2.45, 2.75) is 45.2 Å². The Labute approximate surface area is 132 Å². The van der Waals surface area contributed by atoms with E-state index in [4.69, 9.17) is 0 Å².